The molecule has 21 heavy (non-hydrogen) atoms. The van der Waals surface area contributed by atoms with Gasteiger partial charge in [0.1, 0.15) is 0 Å². The molecule has 0 unspecified atom stereocenters. The molecular weight excluding hydrogens is 356 g/mol. The lowest BCUT2D eigenvalue weighted by atomic mass is 10.3. The van der Waals surface area contributed by atoms with Crippen molar-refractivity contribution in [2.75, 3.05) is 30.2 Å². The third-order valence-corrected chi connectivity index (χ3v) is 5.17. The average molecular weight is 375 g/mol. The van der Waals surface area contributed by atoms with E-state index in [9.17, 15) is 13.2 Å². The highest BCUT2D eigenvalue weighted by Gasteiger charge is 2.22. The number of benzene rings is 1. The van der Waals surface area contributed by atoms with Crippen LogP contribution in [0.25, 0.3) is 0 Å². The van der Waals surface area contributed by atoms with Crippen molar-refractivity contribution in [2.24, 2.45) is 0 Å². The van der Waals surface area contributed by atoms with E-state index in [-0.39, 0.29) is 18.9 Å². The van der Waals surface area contributed by atoms with Crippen LogP contribution in [0, 0.1) is 0 Å². The summed E-state index contributed by atoms with van der Waals surface area (Å²) in [5.74, 6) is 0.0242. The summed E-state index contributed by atoms with van der Waals surface area (Å²) >= 11 is 3.33. The Labute approximate surface area is 134 Å². The second-order valence-corrected chi connectivity index (χ2v) is 7.98. The van der Waals surface area contributed by atoms with Crippen LogP contribution in [0.1, 0.15) is 19.3 Å². The zero-order valence-corrected chi connectivity index (χ0v) is 14.4. The van der Waals surface area contributed by atoms with Crippen molar-refractivity contribution in [1.29, 1.82) is 0 Å². The van der Waals surface area contributed by atoms with Gasteiger partial charge in [0.15, 0.2) is 0 Å². The summed E-state index contributed by atoms with van der Waals surface area (Å²) < 4.78 is 26.0. The number of carbonyl (C=O) groups excluding carboxylic acids is 1. The number of hydrogen-bond donors (Lipinski definition) is 0. The molecule has 0 N–H and O–H groups in total. The molecule has 1 aliphatic heterocycles. The second kappa shape index (κ2) is 6.79. The predicted octanol–water partition coefficient (Wildman–Crippen LogP) is 2.23. The summed E-state index contributed by atoms with van der Waals surface area (Å²) in [5.41, 5.74) is 0.570. The molecule has 0 bridgehead atoms. The number of likely N-dealkylation sites (tertiary alicyclic amines) is 1. The molecule has 0 radical (unpaired) electrons. The maximum Gasteiger partial charge on any atom is 0.232 e. The van der Waals surface area contributed by atoms with Crippen LogP contribution in [0.5, 0.6) is 0 Å². The number of nitrogens with zero attached hydrogens (tertiary/aromatic N) is 2. The fourth-order valence-corrected chi connectivity index (χ4v) is 3.75. The number of rotatable bonds is 5. The average Bonchev–Trinajstić information content (AvgIpc) is 2.91. The minimum atomic E-state index is -3.41. The van der Waals surface area contributed by atoms with Crippen molar-refractivity contribution in [1.82, 2.24) is 4.90 Å². The number of sulfonamides is 1. The van der Waals surface area contributed by atoms with Gasteiger partial charge in [0.25, 0.3) is 0 Å². The van der Waals surface area contributed by atoms with Gasteiger partial charge in [0.2, 0.25) is 15.9 Å². The van der Waals surface area contributed by atoms with Gasteiger partial charge in [-0.25, -0.2) is 8.42 Å². The van der Waals surface area contributed by atoms with Crippen LogP contribution in [0.4, 0.5) is 5.69 Å². The van der Waals surface area contributed by atoms with Gasteiger partial charge in [-0.15, -0.1) is 0 Å². The highest BCUT2D eigenvalue weighted by atomic mass is 79.9. The standard InChI is InChI=1S/C14H19BrN2O3S/c1-21(19,20)17(13-6-4-5-12(15)11-13)10-7-14(18)16-8-2-3-9-16/h4-6,11H,2-3,7-10H2,1H3. The molecule has 0 spiro atoms. The summed E-state index contributed by atoms with van der Waals surface area (Å²) in [6.07, 6.45) is 3.44. The molecule has 0 atom stereocenters. The van der Waals surface area contributed by atoms with E-state index in [4.69, 9.17) is 0 Å². The predicted molar refractivity (Wildman–Crippen MR) is 86.8 cm³/mol. The Morgan fingerprint density at radius 3 is 2.57 bits per heavy atom. The lowest BCUT2D eigenvalue weighted by Crippen LogP contribution is -2.35. The summed E-state index contributed by atoms with van der Waals surface area (Å²) in [4.78, 5) is 13.9. The number of hydrogen-bond acceptors (Lipinski definition) is 3. The van der Waals surface area contributed by atoms with Crippen LogP contribution in [0.2, 0.25) is 0 Å². The van der Waals surface area contributed by atoms with Crippen LogP contribution < -0.4 is 4.31 Å². The minimum Gasteiger partial charge on any atom is -0.343 e. The fourth-order valence-electron chi connectivity index (χ4n) is 2.44. The quantitative estimate of drug-likeness (QED) is 0.793. The molecule has 7 heteroatoms. The molecule has 0 aromatic heterocycles. The number of anilines is 1. The Bertz CT molecular complexity index is 612. The molecule has 5 nitrogen and oxygen atoms in total. The Kier molecular flexibility index (Phi) is 5.27. The molecule has 1 amide bonds. The Balaban J connectivity index is 2.09. The molecule has 116 valence electrons. The van der Waals surface area contributed by atoms with Crippen molar-refractivity contribution in [2.45, 2.75) is 19.3 Å². The van der Waals surface area contributed by atoms with Crippen molar-refractivity contribution >= 4 is 37.5 Å². The first-order valence-corrected chi connectivity index (χ1v) is 9.53. The fraction of sp³-hybridized carbons (Fsp3) is 0.500. The van der Waals surface area contributed by atoms with Crippen LogP contribution >= 0.6 is 15.9 Å². The van der Waals surface area contributed by atoms with Gasteiger partial charge < -0.3 is 4.90 Å². The van der Waals surface area contributed by atoms with Crippen molar-refractivity contribution in [3.8, 4) is 0 Å². The zero-order chi connectivity index (χ0) is 15.5. The smallest absolute Gasteiger partial charge is 0.232 e. The Hall–Kier alpha value is -1.08. The first-order valence-electron chi connectivity index (χ1n) is 6.89. The minimum absolute atomic E-state index is 0.0242. The molecule has 1 aromatic rings. The SMILES string of the molecule is CS(=O)(=O)N(CCC(=O)N1CCCC1)c1cccc(Br)c1. The molecule has 0 saturated carbocycles. The number of halogens is 1. The maximum atomic E-state index is 12.1. The number of carbonyl (C=O) groups is 1. The summed E-state index contributed by atoms with van der Waals surface area (Å²) in [7, 11) is -3.41. The summed E-state index contributed by atoms with van der Waals surface area (Å²) in [6.45, 7) is 1.74. The van der Waals surface area contributed by atoms with E-state index in [1.807, 2.05) is 6.07 Å². The summed E-state index contributed by atoms with van der Waals surface area (Å²) in [6, 6.07) is 7.08. The van der Waals surface area contributed by atoms with Gasteiger partial charge in [-0.2, -0.15) is 0 Å². The van der Waals surface area contributed by atoms with E-state index < -0.39 is 10.0 Å². The largest absolute Gasteiger partial charge is 0.343 e. The third kappa shape index (κ3) is 4.44. The van der Waals surface area contributed by atoms with Crippen LogP contribution in [0.15, 0.2) is 28.7 Å². The van der Waals surface area contributed by atoms with Gasteiger partial charge in [0, 0.05) is 30.5 Å². The van der Waals surface area contributed by atoms with E-state index in [2.05, 4.69) is 15.9 Å². The zero-order valence-electron chi connectivity index (χ0n) is 12.0. The number of amides is 1. The molecular formula is C14H19BrN2O3S. The molecule has 2 rings (SSSR count). The highest BCUT2D eigenvalue weighted by Crippen LogP contribution is 2.22. The van der Waals surface area contributed by atoms with Gasteiger partial charge >= 0.3 is 0 Å². The van der Waals surface area contributed by atoms with E-state index in [1.54, 1.807) is 23.1 Å². The molecule has 1 aromatic carbocycles. The summed E-state index contributed by atoms with van der Waals surface area (Å²) in [5, 5.41) is 0. The Morgan fingerprint density at radius 2 is 2.00 bits per heavy atom. The van der Waals surface area contributed by atoms with Crippen LogP contribution in [-0.4, -0.2) is 45.1 Å². The van der Waals surface area contributed by atoms with Gasteiger partial charge in [-0.1, -0.05) is 22.0 Å². The lowest BCUT2D eigenvalue weighted by Gasteiger charge is -2.23. The second-order valence-electron chi connectivity index (χ2n) is 5.15. The van der Waals surface area contributed by atoms with Crippen LogP contribution in [-0.2, 0) is 14.8 Å². The molecule has 0 aliphatic carbocycles. The Morgan fingerprint density at radius 1 is 1.33 bits per heavy atom. The molecule has 1 heterocycles. The van der Waals surface area contributed by atoms with Crippen molar-refractivity contribution < 1.29 is 13.2 Å². The highest BCUT2D eigenvalue weighted by molar-refractivity contribution is 9.10. The monoisotopic (exact) mass is 374 g/mol. The molecule has 1 aliphatic rings. The van der Waals surface area contributed by atoms with Gasteiger partial charge in [0.05, 0.1) is 11.9 Å². The first-order chi connectivity index (χ1) is 9.88. The lowest BCUT2D eigenvalue weighted by molar-refractivity contribution is -0.129. The van der Waals surface area contributed by atoms with Crippen LogP contribution in [0.3, 0.4) is 0 Å². The van der Waals surface area contributed by atoms with E-state index >= 15 is 0 Å². The first kappa shape index (κ1) is 16.3. The van der Waals surface area contributed by atoms with E-state index in [0.717, 1.165) is 36.7 Å². The third-order valence-electron chi connectivity index (χ3n) is 3.48. The van der Waals surface area contributed by atoms with E-state index in [0.29, 0.717) is 5.69 Å². The molecule has 1 saturated heterocycles. The van der Waals surface area contributed by atoms with Gasteiger partial charge in [-0.05, 0) is 31.0 Å². The van der Waals surface area contributed by atoms with Gasteiger partial charge in [-0.3, -0.25) is 9.10 Å². The topological polar surface area (TPSA) is 57.7 Å². The molecule has 1 fully saturated rings. The van der Waals surface area contributed by atoms with E-state index in [1.165, 1.54) is 4.31 Å². The normalized spacial score (nSPS) is 15.2. The maximum absolute atomic E-state index is 12.1. The van der Waals surface area contributed by atoms with Crippen molar-refractivity contribution in [3.05, 3.63) is 28.7 Å². The van der Waals surface area contributed by atoms with Crippen molar-refractivity contribution in [3.63, 3.8) is 0 Å².